The average molecular weight is 1310 g/mol. The predicted octanol–water partition coefficient (Wildman–Crippen LogP) is -8.01. The van der Waals surface area contributed by atoms with Crippen LogP contribution in [-0.4, -0.2) is 320 Å². The van der Waals surface area contributed by atoms with Crippen LogP contribution in [0.25, 0.3) is 0 Å². The molecular weight excluding hydrogens is 1200 g/mol. The van der Waals surface area contributed by atoms with E-state index in [4.69, 9.17) is 42.6 Å². The van der Waals surface area contributed by atoms with Crippen LogP contribution in [0.2, 0.25) is 0 Å². The van der Waals surface area contributed by atoms with Crippen molar-refractivity contribution in [2.75, 3.05) is 126 Å². The fourth-order valence-electron chi connectivity index (χ4n) is 9.18. The van der Waals surface area contributed by atoms with Gasteiger partial charge in [-0.15, -0.1) is 0 Å². The van der Waals surface area contributed by atoms with Crippen molar-refractivity contribution in [1.29, 1.82) is 0 Å². The second kappa shape index (κ2) is 46.1. The molecule has 3 aliphatic rings. The van der Waals surface area contributed by atoms with Crippen LogP contribution < -0.4 is 37.2 Å². The Morgan fingerprint density at radius 2 is 0.578 bits per heavy atom. The van der Waals surface area contributed by atoms with Gasteiger partial charge in [0.15, 0.2) is 18.9 Å². The quantitative estimate of drug-likeness (QED) is 0.0252. The topological polar surface area (TPSA) is 512 Å². The number of hydrogen-bond acceptors (Lipinski definition) is 28. The molecule has 6 amide bonds. The summed E-state index contributed by atoms with van der Waals surface area (Å²) in [5, 5.41) is 137. The van der Waals surface area contributed by atoms with Crippen molar-refractivity contribution in [2.24, 2.45) is 0 Å². The smallest absolute Gasteiger partial charge is 0.222 e. The standard InChI is InChI=1S/C56H103N7O27/c1-57-56(32-82-26-14-41(70)61-20-8-17-58-38(67)11-2-5-23-85-53-50(79)47(76)44(73)35(29-64)88-53,33-83-27-15-42(71)62-21-9-18-59-39(68)12-3-6-24-86-54-51(80)48(77)45(74)36(30-65)89-54)34-84-28-16-43(72)63-22-10-19-60-40(69)13-4-7-25-87-55-52(81)49(78)46(75)37(31-66)90-55/h35-37,44-55,57,64-66,73-81H,2-34H2,1H3,(H,58,67)(H,59,68)(H,60,69)(H,61,70)(H,62,71)(H,63,72)/t35?,36?,37?,44-,45-,46-,47+,48+,49?,50?,51?,52-,53+,54+,55+,56?/m1/s1. The summed E-state index contributed by atoms with van der Waals surface area (Å²) < 4.78 is 50.0. The number of hydrogen-bond donors (Lipinski definition) is 19. The Morgan fingerprint density at radius 1 is 0.333 bits per heavy atom. The van der Waals surface area contributed by atoms with Gasteiger partial charge in [-0.05, 0) is 64.8 Å². The third-order valence-corrected chi connectivity index (χ3v) is 14.9. The van der Waals surface area contributed by atoms with E-state index in [9.17, 15) is 90.0 Å². The van der Waals surface area contributed by atoms with Gasteiger partial charge in [-0.1, -0.05) is 0 Å². The van der Waals surface area contributed by atoms with Gasteiger partial charge in [0.25, 0.3) is 0 Å². The van der Waals surface area contributed by atoms with Crippen LogP contribution in [0, 0.1) is 0 Å². The maximum Gasteiger partial charge on any atom is 0.222 e. The van der Waals surface area contributed by atoms with Crippen LogP contribution in [0.1, 0.15) is 96.3 Å². The fourth-order valence-corrected chi connectivity index (χ4v) is 9.18. The van der Waals surface area contributed by atoms with Crippen LogP contribution in [0.4, 0.5) is 0 Å². The molecule has 0 bridgehead atoms. The van der Waals surface area contributed by atoms with E-state index < -0.39 is 117 Å². The van der Waals surface area contributed by atoms with Crippen LogP contribution >= 0.6 is 0 Å². The number of ether oxygens (including phenoxy) is 9. The van der Waals surface area contributed by atoms with Crippen LogP contribution in [0.3, 0.4) is 0 Å². The lowest BCUT2D eigenvalue weighted by molar-refractivity contribution is -0.301. The van der Waals surface area contributed by atoms with Crippen molar-refractivity contribution in [1.82, 2.24) is 37.2 Å². The average Bonchev–Trinajstić information content (AvgIpc) is 2.36. The summed E-state index contributed by atoms with van der Waals surface area (Å²) in [6.07, 6.45) is -16.1. The van der Waals surface area contributed by atoms with Gasteiger partial charge < -0.3 is 141 Å². The summed E-state index contributed by atoms with van der Waals surface area (Å²) in [5.41, 5.74) is -0.982. The highest BCUT2D eigenvalue weighted by atomic mass is 16.7. The van der Waals surface area contributed by atoms with Crippen molar-refractivity contribution in [3.63, 3.8) is 0 Å². The summed E-state index contributed by atoms with van der Waals surface area (Å²) in [4.78, 5) is 74.9. The highest BCUT2D eigenvalue weighted by Crippen LogP contribution is 2.25. The minimum Gasteiger partial charge on any atom is -0.394 e. The summed E-state index contributed by atoms with van der Waals surface area (Å²) in [5.74, 6) is -1.53. The van der Waals surface area contributed by atoms with Gasteiger partial charge in [-0.3, -0.25) is 28.8 Å². The summed E-state index contributed by atoms with van der Waals surface area (Å²) >= 11 is 0. The van der Waals surface area contributed by atoms with E-state index in [2.05, 4.69) is 37.2 Å². The molecule has 3 saturated heterocycles. The minimum atomic E-state index is -1.55. The normalized spacial score (nSPS) is 27.5. The maximum absolute atomic E-state index is 12.7. The van der Waals surface area contributed by atoms with Gasteiger partial charge in [0, 0.05) is 97.6 Å². The minimum absolute atomic E-state index is 0.00434. The Morgan fingerprint density at radius 3 is 0.811 bits per heavy atom. The molecule has 3 heterocycles. The number of aliphatic hydroxyl groups excluding tert-OH is 12. The number of likely N-dealkylation sites (N-methyl/N-ethyl adjacent to an activating group) is 1. The number of rotatable bonds is 49. The number of amides is 6. The Bertz CT molecular complexity index is 1790. The molecule has 34 nitrogen and oxygen atoms in total. The number of carbonyl (C=O) groups is 6. The molecule has 0 saturated carbocycles. The van der Waals surface area contributed by atoms with E-state index in [0.29, 0.717) is 77.4 Å². The van der Waals surface area contributed by atoms with Crippen LogP contribution in [-0.2, 0) is 71.4 Å². The third kappa shape index (κ3) is 30.8. The molecule has 15 atom stereocenters. The fraction of sp³-hybridized carbons (Fsp3) is 0.893. The highest BCUT2D eigenvalue weighted by molar-refractivity contribution is 5.78. The van der Waals surface area contributed by atoms with Crippen molar-refractivity contribution in [2.45, 2.75) is 194 Å². The van der Waals surface area contributed by atoms with E-state index in [0.717, 1.165) is 0 Å². The molecular formula is C56H103N7O27. The van der Waals surface area contributed by atoms with Crippen LogP contribution in [0.5, 0.6) is 0 Å². The maximum atomic E-state index is 12.7. The lowest BCUT2D eigenvalue weighted by Gasteiger charge is -2.39. The van der Waals surface area contributed by atoms with Gasteiger partial charge in [-0.25, -0.2) is 0 Å². The molecule has 0 aromatic carbocycles. The van der Waals surface area contributed by atoms with Crippen molar-refractivity contribution in [3.8, 4) is 0 Å². The molecule has 0 radical (unpaired) electrons. The number of aliphatic hydroxyl groups is 12. The summed E-state index contributed by atoms with van der Waals surface area (Å²) in [6, 6.07) is 0. The largest absolute Gasteiger partial charge is 0.394 e. The Balaban J connectivity index is 1.32. The molecule has 6 unspecified atom stereocenters. The van der Waals surface area contributed by atoms with Crippen molar-refractivity contribution < 1.29 is 133 Å². The number of nitrogens with one attached hydrogen (secondary N) is 7. The summed E-state index contributed by atoms with van der Waals surface area (Å²) in [6.45, 7) is 0.360. The molecule has 3 fully saturated rings. The molecule has 19 N–H and O–H groups in total. The van der Waals surface area contributed by atoms with Crippen LogP contribution in [0.15, 0.2) is 0 Å². The van der Waals surface area contributed by atoms with E-state index in [-0.39, 0.29) is 153 Å². The monoisotopic (exact) mass is 1310 g/mol. The first-order chi connectivity index (χ1) is 43.2. The zero-order valence-electron chi connectivity index (χ0n) is 51.5. The Hall–Kier alpha value is -4.06. The van der Waals surface area contributed by atoms with Gasteiger partial charge in [0.1, 0.15) is 73.2 Å². The zero-order chi connectivity index (χ0) is 66.3. The lowest BCUT2D eigenvalue weighted by atomic mass is 9.99. The van der Waals surface area contributed by atoms with Gasteiger partial charge in [0.05, 0.1) is 65.0 Å². The van der Waals surface area contributed by atoms with E-state index in [1.807, 2.05) is 0 Å². The molecule has 524 valence electrons. The second-order valence-corrected chi connectivity index (χ2v) is 22.2. The van der Waals surface area contributed by atoms with E-state index >= 15 is 0 Å². The van der Waals surface area contributed by atoms with Gasteiger partial charge in [0.2, 0.25) is 35.4 Å². The molecule has 0 aliphatic carbocycles. The van der Waals surface area contributed by atoms with Gasteiger partial charge >= 0.3 is 0 Å². The van der Waals surface area contributed by atoms with E-state index in [1.54, 1.807) is 7.05 Å². The molecule has 34 heteroatoms. The van der Waals surface area contributed by atoms with E-state index in [1.165, 1.54) is 0 Å². The SMILES string of the molecule is CNC(COCCC(=O)NCCCNC(=O)CCCCO[C@H]1OC(CO)[C@@H](O)[C@H](O)C1O)(COCCC(=O)NCCCNC(=O)CCCCO[C@H]1OC(CO)[C@@H](O)[C@H](O)C1O)COCCC(=O)NCCCNC(=O)CCCCO[C@H]1OC(CO)[C@@H](O)C(O)[C@H]1O. The molecule has 0 aromatic heterocycles. The summed E-state index contributed by atoms with van der Waals surface area (Å²) in [7, 11) is 1.66. The number of unbranched alkanes of at least 4 members (excludes halogenated alkanes) is 3. The van der Waals surface area contributed by atoms with Crippen molar-refractivity contribution in [3.05, 3.63) is 0 Å². The predicted molar refractivity (Wildman–Crippen MR) is 311 cm³/mol. The molecule has 90 heavy (non-hydrogen) atoms. The molecule has 3 rings (SSSR count). The Kier molecular flexibility index (Phi) is 41.1. The molecule has 0 spiro atoms. The van der Waals surface area contributed by atoms with Crippen molar-refractivity contribution >= 4 is 35.4 Å². The number of carbonyl (C=O) groups excluding carboxylic acids is 6. The first kappa shape index (κ1) is 80.2. The zero-order valence-corrected chi connectivity index (χ0v) is 51.5. The third-order valence-electron chi connectivity index (χ3n) is 14.9. The first-order valence-corrected chi connectivity index (χ1v) is 31.0. The molecule has 3 aliphatic heterocycles. The first-order valence-electron chi connectivity index (χ1n) is 31.0. The second-order valence-electron chi connectivity index (χ2n) is 22.2. The van der Waals surface area contributed by atoms with Gasteiger partial charge in [-0.2, -0.15) is 0 Å². The Labute approximate surface area is 523 Å². The lowest BCUT2D eigenvalue weighted by Crippen LogP contribution is -2.59. The highest BCUT2D eigenvalue weighted by Gasteiger charge is 2.46. The molecule has 0 aromatic rings.